The van der Waals surface area contributed by atoms with Crippen molar-refractivity contribution in [2.24, 2.45) is 0 Å². The van der Waals surface area contributed by atoms with Gasteiger partial charge in [-0.25, -0.2) is 23.4 Å². The predicted octanol–water partition coefficient (Wildman–Crippen LogP) is 5.29. The zero-order valence-corrected chi connectivity index (χ0v) is 18.8. The molecule has 186 valence electrons. The van der Waals surface area contributed by atoms with Crippen molar-refractivity contribution in [2.75, 3.05) is 11.1 Å². The van der Waals surface area contributed by atoms with Gasteiger partial charge in [-0.3, -0.25) is 4.79 Å². The van der Waals surface area contributed by atoms with E-state index in [2.05, 4.69) is 20.1 Å². The Balaban J connectivity index is 1.65. The number of nitrogens with one attached hydrogen (secondary N) is 1. The summed E-state index contributed by atoms with van der Waals surface area (Å²) < 4.78 is 76.0. The summed E-state index contributed by atoms with van der Waals surface area (Å²) in [5.74, 6) is -6.01. The normalized spacial score (nSPS) is 11.4. The van der Waals surface area contributed by atoms with Crippen molar-refractivity contribution in [2.45, 2.75) is 6.18 Å². The number of nitrogens with two attached hydrogens (primary N) is 1. The Morgan fingerprint density at radius 3 is 2.44 bits per heavy atom. The molecule has 3 heterocycles. The van der Waals surface area contributed by atoms with Crippen LogP contribution in [-0.4, -0.2) is 30.6 Å². The average molecular weight is 546 g/mol. The number of ether oxygens (including phenoxy) is 1. The molecule has 3 N–H and O–H groups in total. The second kappa shape index (κ2) is 9.54. The SMILES string of the molecule is Nc1ncnc(Oc2c(F)cc(NC(=O)c3cnn(-c4ncccc4Cl)c3C(F)(F)F)cc2F)c1Cl. The number of nitrogen functional groups attached to an aromatic ring is 1. The standard InChI is InChI=1S/C20H10Cl2F5N7O2/c21-10-2-1-3-29-17(10)34-15(20(25,26)27)9(6-32-34)18(35)33-8-4-11(23)14(12(24)5-8)36-19-13(22)16(28)30-7-31-19/h1-7H,(H,33,35)(H2,28,30,31). The molecule has 0 atom stereocenters. The first-order valence-corrected chi connectivity index (χ1v) is 10.2. The minimum Gasteiger partial charge on any atom is -0.431 e. The molecule has 16 heteroatoms. The summed E-state index contributed by atoms with van der Waals surface area (Å²) in [6.07, 6.45) is -2.33. The number of pyridine rings is 1. The van der Waals surface area contributed by atoms with Crippen molar-refractivity contribution in [3.8, 4) is 17.4 Å². The molecule has 3 aromatic heterocycles. The third-order valence-electron chi connectivity index (χ3n) is 4.46. The molecule has 0 spiro atoms. The lowest BCUT2D eigenvalue weighted by molar-refractivity contribution is -0.143. The minimum absolute atomic E-state index is 0.164. The summed E-state index contributed by atoms with van der Waals surface area (Å²) in [5, 5.41) is 5.09. The quantitative estimate of drug-likeness (QED) is 0.327. The third-order valence-corrected chi connectivity index (χ3v) is 5.11. The molecule has 1 amide bonds. The van der Waals surface area contributed by atoms with Crippen molar-refractivity contribution in [1.29, 1.82) is 0 Å². The van der Waals surface area contributed by atoms with Gasteiger partial charge in [-0.2, -0.15) is 23.3 Å². The molecule has 1 aromatic carbocycles. The van der Waals surface area contributed by atoms with Crippen LogP contribution in [0.4, 0.5) is 33.5 Å². The van der Waals surface area contributed by atoms with Crippen LogP contribution >= 0.6 is 23.2 Å². The number of aromatic nitrogens is 5. The molecule has 36 heavy (non-hydrogen) atoms. The number of alkyl halides is 3. The fraction of sp³-hybridized carbons (Fsp3) is 0.0500. The van der Waals surface area contributed by atoms with Gasteiger partial charge in [-0.05, 0) is 12.1 Å². The van der Waals surface area contributed by atoms with Gasteiger partial charge in [-0.1, -0.05) is 23.2 Å². The van der Waals surface area contributed by atoms with E-state index in [1.54, 1.807) is 0 Å². The molecule has 4 aromatic rings. The molecule has 0 saturated carbocycles. The lowest BCUT2D eigenvalue weighted by Crippen LogP contribution is -2.21. The molecular formula is C20H10Cl2F5N7O2. The van der Waals surface area contributed by atoms with Gasteiger partial charge >= 0.3 is 6.18 Å². The molecule has 4 rings (SSSR count). The van der Waals surface area contributed by atoms with Crippen LogP contribution in [0.5, 0.6) is 11.6 Å². The van der Waals surface area contributed by atoms with Crippen LogP contribution < -0.4 is 15.8 Å². The number of halogens is 7. The Bertz CT molecular complexity index is 1460. The maximum Gasteiger partial charge on any atom is 0.434 e. The van der Waals surface area contributed by atoms with E-state index in [1.807, 2.05) is 5.32 Å². The van der Waals surface area contributed by atoms with Gasteiger partial charge in [0.15, 0.2) is 23.1 Å². The van der Waals surface area contributed by atoms with Gasteiger partial charge in [0.1, 0.15) is 17.2 Å². The summed E-state index contributed by atoms with van der Waals surface area (Å²) in [6, 6.07) is 3.90. The number of hydrogen-bond donors (Lipinski definition) is 2. The van der Waals surface area contributed by atoms with E-state index in [0.717, 1.165) is 6.33 Å². The van der Waals surface area contributed by atoms with Crippen LogP contribution in [0.3, 0.4) is 0 Å². The number of carbonyl (C=O) groups excluding carboxylic acids is 1. The van der Waals surface area contributed by atoms with Crippen molar-refractivity contribution < 1.29 is 31.5 Å². The van der Waals surface area contributed by atoms with E-state index in [1.165, 1.54) is 18.3 Å². The first kappa shape index (κ1) is 25.1. The third kappa shape index (κ3) is 4.85. The van der Waals surface area contributed by atoms with Gasteiger partial charge in [0.25, 0.3) is 5.91 Å². The van der Waals surface area contributed by atoms with E-state index in [4.69, 9.17) is 33.7 Å². The molecular weight excluding hydrogens is 536 g/mol. The number of hydrogen-bond acceptors (Lipinski definition) is 7. The number of nitrogens with zero attached hydrogens (tertiary/aromatic N) is 5. The molecule has 0 aliphatic heterocycles. The maximum absolute atomic E-state index is 14.6. The van der Waals surface area contributed by atoms with E-state index < -0.39 is 52.3 Å². The number of anilines is 2. The molecule has 0 fully saturated rings. The number of benzene rings is 1. The second-order valence-corrected chi connectivity index (χ2v) is 7.61. The highest BCUT2D eigenvalue weighted by molar-refractivity contribution is 6.34. The van der Waals surface area contributed by atoms with Crippen LogP contribution in [0.25, 0.3) is 5.82 Å². The summed E-state index contributed by atoms with van der Waals surface area (Å²) >= 11 is 11.7. The van der Waals surface area contributed by atoms with Crippen molar-refractivity contribution in [1.82, 2.24) is 24.7 Å². The highest BCUT2D eigenvalue weighted by Gasteiger charge is 2.41. The molecule has 0 saturated heterocycles. The summed E-state index contributed by atoms with van der Waals surface area (Å²) in [4.78, 5) is 23.6. The lowest BCUT2D eigenvalue weighted by Gasteiger charge is -2.13. The van der Waals surface area contributed by atoms with Crippen molar-refractivity contribution in [3.63, 3.8) is 0 Å². The number of rotatable bonds is 5. The minimum atomic E-state index is -5.07. The topological polar surface area (TPSA) is 121 Å². The smallest absolute Gasteiger partial charge is 0.431 e. The fourth-order valence-electron chi connectivity index (χ4n) is 2.94. The Kier molecular flexibility index (Phi) is 6.65. The second-order valence-electron chi connectivity index (χ2n) is 6.83. The van der Waals surface area contributed by atoms with Crippen molar-refractivity contribution in [3.05, 3.63) is 75.9 Å². The van der Waals surface area contributed by atoms with Crippen LogP contribution in [0, 0.1) is 11.6 Å². The van der Waals surface area contributed by atoms with Crippen LogP contribution in [0.2, 0.25) is 10.0 Å². The van der Waals surface area contributed by atoms with Gasteiger partial charge in [0.2, 0.25) is 11.6 Å². The Labute approximate surface area is 207 Å². The van der Waals surface area contributed by atoms with Crippen LogP contribution in [-0.2, 0) is 6.18 Å². The van der Waals surface area contributed by atoms with Crippen LogP contribution in [0.15, 0.2) is 43.0 Å². The Morgan fingerprint density at radius 1 is 1.11 bits per heavy atom. The van der Waals surface area contributed by atoms with E-state index in [0.29, 0.717) is 23.0 Å². The lowest BCUT2D eigenvalue weighted by atomic mass is 10.2. The Hall–Kier alpha value is -4.04. The summed E-state index contributed by atoms with van der Waals surface area (Å²) in [6.45, 7) is 0. The zero-order valence-electron chi connectivity index (χ0n) is 17.3. The fourth-order valence-corrected chi connectivity index (χ4v) is 3.28. The number of amides is 1. The van der Waals surface area contributed by atoms with Gasteiger partial charge < -0.3 is 15.8 Å². The molecule has 0 radical (unpaired) electrons. The molecule has 0 bridgehead atoms. The summed E-state index contributed by atoms with van der Waals surface area (Å²) in [7, 11) is 0. The number of carbonyl (C=O) groups is 1. The zero-order chi connectivity index (χ0) is 26.2. The molecule has 0 aliphatic carbocycles. The maximum atomic E-state index is 14.6. The highest BCUT2D eigenvalue weighted by Crippen LogP contribution is 2.36. The molecule has 9 nitrogen and oxygen atoms in total. The molecule has 0 unspecified atom stereocenters. The first-order chi connectivity index (χ1) is 17.0. The monoisotopic (exact) mass is 545 g/mol. The van der Waals surface area contributed by atoms with E-state index in [9.17, 15) is 26.7 Å². The molecule has 0 aliphatic rings. The average Bonchev–Trinajstić information content (AvgIpc) is 3.25. The predicted molar refractivity (Wildman–Crippen MR) is 117 cm³/mol. The van der Waals surface area contributed by atoms with Crippen molar-refractivity contribution >= 4 is 40.6 Å². The van der Waals surface area contributed by atoms with Gasteiger partial charge in [0, 0.05) is 24.0 Å². The summed E-state index contributed by atoms with van der Waals surface area (Å²) in [5.41, 5.74) is 2.50. The Morgan fingerprint density at radius 2 is 1.81 bits per heavy atom. The van der Waals surface area contributed by atoms with Gasteiger partial charge in [0.05, 0.1) is 16.8 Å². The van der Waals surface area contributed by atoms with Crippen LogP contribution in [0.1, 0.15) is 16.1 Å². The first-order valence-electron chi connectivity index (χ1n) is 9.47. The van der Waals surface area contributed by atoms with E-state index >= 15 is 0 Å². The van der Waals surface area contributed by atoms with E-state index in [-0.39, 0.29) is 21.7 Å². The van der Waals surface area contributed by atoms with Gasteiger partial charge in [-0.15, -0.1) is 0 Å². The largest absolute Gasteiger partial charge is 0.434 e. The highest BCUT2D eigenvalue weighted by atomic mass is 35.5.